The van der Waals surface area contributed by atoms with Crippen molar-refractivity contribution in [3.05, 3.63) is 59.1 Å². The fraction of sp³-hybridized carbons (Fsp3) is 0.133. The zero-order chi connectivity index (χ0) is 13.7. The van der Waals surface area contributed by atoms with Crippen LogP contribution in [0.15, 0.2) is 48.5 Å². The Kier molecular flexibility index (Phi) is 4.83. The summed E-state index contributed by atoms with van der Waals surface area (Å²) in [6.07, 6.45) is 0. The molecule has 0 aliphatic carbocycles. The van der Waals surface area contributed by atoms with Crippen LogP contribution in [-0.2, 0) is 16.1 Å². The fourth-order valence-electron chi connectivity index (χ4n) is 1.68. The summed E-state index contributed by atoms with van der Waals surface area (Å²) in [6, 6.07) is 15.4. The maximum absolute atomic E-state index is 10.9. The van der Waals surface area contributed by atoms with Gasteiger partial charge in [0.05, 0.1) is 0 Å². The molecule has 2 aromatic rings. The third kappa shape index (κ3) is 3.72. The molecule has 0 saturated carbocycles. The van der Waals surface area contributed by atoms with E-state index in [1.807, 2.05) is 48.5 Å². The highest BCUT2D eigenvalue weighted by atomic mass is 35.5. The molecule has 2 aromatic carbocycles. The highest BCUT2D eigenvalue weighted by molar-refractivity contribution is 6.33. The van der Waals surface area contributed by atoms with Crippen molar-refractivity contribution in [1.82, 2.24) is 0 Å². The Bertz CT molecular complexity index is 565. The van der Waals surface area contributed by atoms with Gasteiger partial charge in [-0.15, -0.1) is 11.6 Å². The first-order chi connectivity index (χ1) is 9.20. The summed E-state index contributed by atoms with van der Waals surface area (Å²) in [6.45, 7) is 0.231. The maximum atomic E-state index is 10.9. The van der Waals surface area contributed by atoms with Crippen LogP contribution in [0.1, 0.15) is 5.56 Å². The first-order valence-electron chi connectivity index (χ1n) is 5.76. The van der Waals surface area contributed by atoms with Crippen molar-refractivity contribution in [2.24, 2.45) is 0 Å². The number of esters is 1. The molecule has 4 heteroatoms. The van der Waals surface area contributed by atoms with Gasteiger partial charge < -0.3 is 4.74 Å². The Balaban J connectivity index is 2.11. The maximum Gasteiger partial charge on any atom is 0.321 e. The van der Waals surface area contributed by atoms with Crippen LogP contribution in [0.25, 0.3) is 11.1 Å². The van der Waals surface area contributed by atoms with Gasteiger partial charge in [-0.1, -0.05) is 54.1 Å². The van der Waals surface area contributed by atoms with Crippen LogP contribution >= 0.6 is 23.2 Å². The van der Waals surface area contributed by atoms with Crippen molar-refractivity contribution < 1.29 is 9.53 Å². The average Bonchev–Trinajstić information content (AvgIpc) is 2.46. The predicted octanol–water partition coefficient (Wildman–Crippen LogP) is 4.29. The SMILES string of the molecule is O=C(CCl)OCc1ccc(-c2ccccc2Cl)cc1. The minimum atomic E-state index is -0.420. The molecule has 0 amide bonds. The van der Waals surface area contributed by atoms with Gasteiger partial charge in [0, 0.05) is 10.6 Å². The van der Waals surface area contributed by atoms with Gasteiger partial charge in [-0.05, 0) is 17.2 Å². The number of rotatable bonds is 4. The van der Waals surface area contributed by atoms with E-state index in [1.165, 1.54) is 0 Å². The minimum Gasteiger partial charge on any atom is -0.460 e. The third-order valence-corrected chi connectivity index (χ3v) is 3.20. The van der Waals surface area contributed by atoms with Gasteiger partial charge in [0.2, 0.25) is 0 Å². The largest absolute Gasteiger partial charge is 0.460 e. The van der Waals surface area contributed by atoms with E-state index in [0.29, 0.717) is 5.02 Å². The van der Waals surface area contributed by atoms with E-state index in [0.717, 1.165) is 16.7 Å². The number of halogens is 2. The van der Waals surface area contributed by atoms with Crippen LogP contribution in [0, 0.1) is 0 Å². The molecule has 2 rings (SSSR count). The number of ether oxygens (including phenoxy) is 1. The zero-order valence-corrected chi connectivity index (χ0v) is 11.6. The van der Waals surface area contributed by atoms with Crippen molar-refractivity contribution in [1.29, 1.82) is 0 Å². The summed E-state index contributed by atoms with van der Waals surface area (Å²) < 4.78 is 4.95. The van der Waals surface area contributed by atoms with Crippen LogP contribution in [-0.4, -0.2) is 11.8 Å². The zero-order valence-electron chi connectivity index (χ0n) is 10.1. The van der Waals surface area contributed by atoms with Gasteiger partial charge in [0.25, 0.3) is 0 Å². The summed E-state index contributed by atoms with van der Waals surface area (Å²) in [5, 5.41) is 0.712. The second-order valence-electron chi connectivity index (χ2n) is 3.97. The number of benzene rings is 2. The topological polar surface area (TPSA) is 26.3 Å². The van der Waals surface area contributed by atoms with Crippen molar-refractivity contribution in [3.63, 3.8) is 0 Å². The van der Waals surface area contributed by atoms with E-state index in [1.54, 1.807) is 0 Å². The van der Waals surface area contributed by atoms with E-state index < -0.39 is 5.97 Å². The Labute approximate surface area is 121 Å². The Hall–Kier alpha value is -1.51. The molecule has 0 unspecified atom stereocenters. The minimum absolute atomic E-state index is 0.127. The molecule has 0 saturated heterocycles. The van der Waals surface area contributed by atoms with Crippen molar-refractivity contribution in [2.45, 2.75) is 6.61 Å². The molecule has 0 fully saturated rings. The molecule has 0 spiro atoms. The Morgan fingerprint density at radius 2 is 1.74 bits per heavy atom. The van der Waals surface area contributed by atoms with Crippen molar-refractivity contribution >= 4 is 29.2 Å². The lowest BCUT2D eigenvalue weighted by Crippen LogP contribution is -2.05. The van der Waals surface area contributed by atoms with Crippen molar-refractivity contribution in [3.8, 4) is 11.1 Å². The predicted molar refractivity (Wildman–Crippen MR) is 77.4 cm³/mol. The Morgan fingerprint density at radius 3 is 2.37 bits per heavy atom. The molecule has 0 aliphatic heterocycles. The molecule has 0 aliphatic rings. The lowest BCUT2D eigenvalue weighted by Gasteiger charge is -2.06. The highest BCUT2D eigenvalue weighted by Crippen LogP contribution is 2.27. The molecular weight excluding hydrogens is 283 g/mol. The van der Waals surface area contributed by atoms with Gasteiger partial charge in [0.1, 0.15) is 12.5 Å². The normalized spacial score (nSPS) is 10.2. The molecule has 98 valence electrons. The van der Waals surface area contributed by atoms with Crippen LogP contribution in [0.2, 0.25) is 5.02 Å². The summed E-state index contributed by atoms with van der Waals surface area (Å²) in [4.78, 5) is 10.9. The summed E-state index contributed by atoms with van der Waals surface area (Å²) >= 11 is 11.5. The first kappa shape index (κ1) is 13.9. The van der Waals surface area contributed by atoms with Crippen LogP contribution in [0.3, 0.4) is 0 Å². The second kappa shape index (κ2) is 6.60. The standard InChI is InChI=1S/C15H12Cl2O2/c16-9-15(18)19-10-11-5-7-12(8-6-11)13-3-1-2-4-14(13)17/h1-8H,9-10H2. The van der Waals surface area contributed by atoms with Crippen molar-refractivity contribution in [2.75, 3.05) is 5.88 Å². The fourth-order valence-corrected chi connectivity index (χ4v) is 2.00. The molecule has 0 radical (unpaired) electrons. The smallest absolute Gasteiger partial charge is 0.321 e. The lowest BCUT2D eigenvalue weighted by atomic mass is 10.0. The molecule has 0 atom stereocenters. The molecular formula is C15H12Cl2O2. The van der Waals surface area contributed by atoms with E-state index in [-0.39, 0.29) is 12.5 Å². The number of carbonyl (C=O) groups is 1. The molecule has 0 heterocycles. The van der Waals surface area contributed by atoms with E-state index in [9.17, 15) is 4.79 Å². The van der Waals surface area contributed by atoms with Gasteiger partial charge in [-0.3, -0.25) is 4.79 Å². The second-order valence-corrected chi connectivity index (χ2v) is 4.65. The molecule has 0 bridgehead atoms. The molecule has 19 heavy (non-hydrogen) atoms. The van der Waals surface area contributed by atoms with Gasteiger partial charge in [-0.2, -0.15) is 0 Å². The average molecular weight is 295 g/mol. The molecule has 2 nitrogen and oxygen atoms in total. The van der Waals surface area contributed by atoms with E-state index >= 15 is 0 Å². The summed E-state index contributed by atoms with van der Waals surface area (Å²) in [5.74, 6) is -0.547. The van der Waals surface area contributed by atoms with Gasteiger partial charge in [-0.25, -0.2) is 0 Å². The van der Waals surface area contributed by atoms with Crippen LogP contribution < -0.4 is 0 Å². The number of hydrogen-bond donors (Lipinski definition) is 0. The van der Waals surface area contributed by atoms with Gasteiger partial charge >= 0.3 is 5.97 Å². The van der Waals surface area contributed by atoms with Crippen LogP contribution in [0.4, 0.5) is 0 Å². The number of carbonyl (C=O) groups excluding carboxylic acids is 1. The number of alkyl halides is 1. The molecule has 0 N–H and O–H groups in total. The Morgan fingerprint density at radius 1 is 1.05 bits per heavy atom. The summed E-state index contributed by atoms with van der Waals surface area (Å²) in [7, 11) is 0. The molecule has 0 aromatic heterocycles. The lowest BCUT2D eigenvalue weighted by molar-refractivity contribution is -0.141. The summed E-state index contributed by atoms with van der Waals surface area (Å²) in [5.41, 5.74) is 2.92. The van der Waals surface area contributed by atoms with Gasteiger partial charge in [0.15, 0.2) is 0 Å². The first-order valence-corrected chi connectivity index (χ1v) is 6.67. The van der Waals surface area contributed by atoms with E-state index in [4.69, 9.17) is 27.9 Å². The van der Waals surface area contributed by atoms with Crippen LogP contribution in [0.5, 0.6) is 0 Å². The third-order valence-electron chi connectivity index (χ3n) is 2.65. The number of hydrogen-bond acceptors (Lipinski definition) is 2. The van der Waals surface area contributed by atoms with E-state index in [2.05, 4.69) is 0 Å². The monoisotopic (exact) mass is 294 g/mol. The quantitative estimate of drug-likeness (QED) is 0.621. The highest BCUT2D eigenvalue weighted by Gasteiger charge is 2.04.